The highest BCUT2D eigenvalue weighted by Crippen LogP contribution is 2.42. The molecule has 52 heavy (non-hydrogen) atoms. The predicted molar refractivity (Wildman–Crippen MR) is 216 cm³/mol. The van der Waals surface area contributed by atoms with Crippen molar-refractivity contribution in [3.05, 3.63) is 199 Å². The maximum absolute atomic E-state index is 5.11. The van der Waals surface area contributed by atoms with E-state index in [0.717, 1.165) is 39.9 Å². The normalized spacial score (nSPS) is 13.0. The SMILES string of the molecule is c1ccc(C2=NC(c3ccccc3)=[N+]2c2ccc(-n3c4ccccc4c4cc5c6ccccc6n(-c6ccccc6)c5cc43)c3ccccc23)cc1. The first-order chi connectivity index (χ1) is 25.8. The second kappa shape index (κ2) is 11.2. The molecule has 0 saturated carbocycles. The van der Waals surface area contributed by atoms with Crippen molar-refractivity contribution in [3.63, 3.8) is 0 Å². The number of benzene rings is 8. The summed E-state index contributed by atoms with van der Waals surface area (Å²) in [7, 11) is 0. The summed E-state index contributed by atoms with van der Waals surface area (Å²) < 4.78 is 7.19. The monoisotopic (exact) mass is 663 g/mol. The molecular weight excluding hydrogens is 633 g/mol. The quantitative estimate of drug-likeness (QED) is 0.164. The van der Waals surface area contributed by atoms with Crippen LogP contribution in [0.25, 0.3) is 65.8 Å². The summed E-state index contributed by atoms with van der Waals surface area (Å²) >= 11 is 0. The van der Waals surface area contributed by atoms with Crippen LogP contribution in [0.3, 0.4) is 0 Å². The van der Waals surface area contributed by atoms with E-state index in [1.54, 1.807) is 0 Å². The lowest BCUT2D eigenvalue weighted by atomic mass is 10.0. The summed E-state index contributed by atoms with van der Waals surface area (Å²) in [6.07, 6.45) is 0. The van der Waals surface area contributed by atoms with Gasteiger partial charge in [0.15, 0.2) is 0 Å². The Morgan fingerprint density at radius 1 is 0.365 bits per heavy atom. The Bertz CT molecular complexity index is 3090. The molecule has 4 nitrogen and oxygen atoms in total. The lowest BCUT2D eigenvalue weighted by molar-refractivity contribution is -0.317. The van der Waals surface area contributed by atoms with Crippen LogP contribution in [-0.4, -0.2) is 25.4 Å². The van der Waals surface area contributed by atoms with Crippen molar-refractivity contribution in [2.45, 2.75) is 0 Å². The van der Waals surface area contributed by atoms with Gasteiger partial charge in [-0.2, -0.15) is 4.58 Å². The smallest absolute Gasteiger partial charge is 0.279 e. The fourth-order valence-corrected chi connectivity index (χ4v) is 8.25. The largest absolute Gasteiger partial charge is 0.309 e. The van der Waals surface area contributed by atoms with Gasteiger partial charge < -0.3 is 9.13 Å². The van der Waals surface area contributed by atoms with Gasteiger partial charge in [0.25, 0.3) is 11.7 Å². The topological polar surface area (TPSA) is 25.2 Å². The van der Waals surface area contributed by atoms with Gasteiger partial charge in [-0.25, -0.2) is 0 Å². The second-order valence-corrected chi connectivity index (χ2v) is 13.4. The second-order valence-electron chi connectivity index (χ2n) is 13.4. The summed E-state index contributed by atoms with van der Waals surface area (Å²) in [4.78, 5) is 5.11. The summed E-state index contributed by atoms with van der Waals surface area (Å²) in [6, 6.07) is 67.4. The van der Waals surface area contributed by atoms with E-state index in [4.69, 9.17) is 4.99 Å². The van der Waals surface area contributed by atoms with Crippen LogP contribution in [0.15, 0.2) is 193 Å². The number of amidine groups is 2. The van der Waals surface area contributed by atoms with Gasteiger partial charge in [-0.1, -0.05) is 120 Å². The average Bonchev–Trinajstić information content (AvgIpc) is 3.70. The van der Waals surface area contributed by atoms with Crippen molar-refractivity contribution in [2.75, 3.05) is 0 Å². The van der Waals surface area contributed by atoms with Crippen molar-refractivity contribution in [1.29, 1.82) is 0 Å². The number of aromatic nitrogens is 2. The molecule has 1 aliphatic heterocycles. The molecule has 0 N–H and O–H groups in total. The zero-order valence-electron chi connectivity index (χ0n) is 28.2. The van der Waals surface area contributed by atoms with Crippen LogP contribution < -0.4 is 0 Å². The third-order valence-electron chi connectivity index (χ3n) is 10.5. The first-order valence-electron chi connectivity index (χ1n) is 17.7. The molecule has 0 fully saturated rings. The minimum Gasteiger partial charge on any atom is -0.309 e. The van der Waals surface area contributed by atoms with E-state index in [9.17, 15) is 0 Å². The van der Waals surface area contributed by atoms with E-state index in [0.29, 0.717) is 0 Å². The van der Waals surface area contributed by atoms with Gasteiger partial charge in [0.05, 0.1) is 38.9 Å². The van der Waals surface area contributed by atoms with E-state index < -0.39 is 0 Å². The Morgan fingerprint density at radius 2 is 0.885 bits per heavy atom. The molecule has 11 rings (SSSR count). The lowest BCUT2D eigenvalue weighted by Crippen LogP contribution is -2.34. The van der Waals surface area contributed by atoms with Gasteiger partial charge in [-0.15, -0.1) is 0 Å². The maximum Gasteiger partial charge on any atom is 0.279 e. The average molecular weight is 664 g/mol. The Balaban J connectivity index is 1.20. The predicted octanol–water partition coefficient (Wildman–Crippen LogP) is 11.6. The molecule has 2 aromatic heterocycles. The molecular formula is C48H31N4+. The number of nitrogens with zero attached hydrogens (tertiary/aromatic N) is 4. The molecule has 0 unspecified atom stereocenters. The molecule has 0 amide bonds. The van der Waals surface area contributed by atoms with E-state index >= 15 is 0 Å². The molecule has 8 aromatic carbocycles. The first-order valence-corrected chi connectivity index (χ1v) is 17.7. The van der Waals surface area contributed by atoms with Gasteiger partial charge in [0.1, 0.15) is 5.69 Å². The molecule has 10 aromatic rings. The van der Waals surface area contributed by atoms with E-state index in [1.807, 2.05) is 0 Å². The molecule has 0 spiro atoms. The number of para-hydroxylation sites is 3. The van der Waals surface area contributed by atoms with Crippen LogP contribution in [0.2, 0.25) is 0 Å². The Kier molecular flexibility index (Phi) is 6.22. The van der Waals surface area contributed by atoms with Crippen LogP contribution in [0.5, 0.6) is 0 Å². The van der Waals surface area contributed by atoms with Gasteiger partial charge in [-0.3, -0.25) is 0 Å². The molecule has 4 heteroatoms. The number of fused-ring (bicyclic) bond motifs is 7. The summed E-state index contributed by atoms with van der Waals surface area (Å²) in [6.45, 7) is 0. The summed E-state index contributed by atoms with van der Waals surface area (Å²) in [5.41, 5.74) is 10.4. The van der Waals surface area contributed by atoms with Gasteiger partial charge in [0.2, 0.25) is 0 Å². The van der Waals surface area contributed by atoms with Crippen molar-refractivity contribution in [2.24, 2.45) is 4.99 Å². The fraction of sp³-hybridized carbons (Fsp3) is 0. The number of hydrogen-bond donors (Lipinski definition) is 0. The minimum absolute atomic E-state index is 0.949. The summed E-state index contributed by atoms with van der Waals surface area (Å²) in [5.74, 6) is 1.90. The van der Waals surface area contributed by atoms with E-state index in [2.05, 4.69) is 202 Å². The van der Waals surface area contributed by atoms with Crippen LogP contribution in [-0.2, 0) is 0 Å². The number of hydrogen-bond acceptors (Lipinski definition) is 1. The Hall–Kier alpha value is -7.04. The summed E-state index contributed by atoms with van der Waals surface area (Å²) in [5, 5.41) is 7.34. The highest BCUT2D eigenvalue weighted by Gasteiger charge is 2.34. The standard InChI is InChI=1S/C48H31N4/c1-4-16-32(17-5-1)47-49-48(33-18-6-2-7-19-33)52(47)44-29-28-43(35-22-10-11-23-36(35)44)51-42-27-15-13-25-38(42)40-30-39-37-24-12-14-26-41(37)50(45(39)31-46(40)51)34-20-8-3-9-21-34/h1-31H/q+1. The van der Waals surface area contributed by atoms with Crippen molar-refractivity contribution < 1.29 is 4.58 Å². The molecule has 0 aliphatic carbocycles. The van der Waals surface area contributed by atoms with Gasteiger partial charge in [0, 0.05) is 38.0 Å². The zero-order valence-corrected chi connectivity index (χ0v) is 28.2. The molecule has 0 saturated heterocycles. The third-order valence-corrected chi connectivity index (χ3v) is 10.5. The molecule has 0 radical (unpaired) electrons. The Labute approximate surface area is 300 Å². The Morgan fingerprint density at radius 3 is 1.56 bits per heavy atom. The van der Waals surface area contributed by atoms with Crippen molar-refractivity contribution in [1.82, 2.24) is 9.13 Å². The number of aliphatic imine (C=N–C) groups is 1. The minimum atomic E-state index is 0.949. The van der Waals surface area contributed by atoms with Gasteiger partial charge in [-0.05, 0) is 72.8 Å². The van der Waals surface area contributed by atoms with Crippen LogP contribution in [0.1, 0.15) is 11.1 Å². The van der Waals surface area contributed by atoms with E-state index in [-0.39, 0.29) is 0 Å². The fourth-order valence-electron chi connectivity index (χ4n) is 8.25. The number of rotatable bonds is 5. The molecule has 0 bridgehead atoms. The first kappa shape index (κ1) is 28.8. The van der Waals surface area contributed by atoms with Crippen LogP contribution in [0, 0.1) is 0 Å². The lowest BCUT2D eigenvalue weighted by Gasteiger charge is -2.22. The zero-order chi connectivity index (χ0) is 34.2. The third kappa shape index (κ3) is 4.15. The molecule has 3 heterocycles. The highest BCUT2D eigenvalue weighted by atomic mass is 15.2. The van der Waals surface area contributed by atoms with Crippen LogP contribution >= 0.6 is 0 Å². The molecule has 1 aliphatic rings. The maximum atomic E-state index is 5.11. The van der Waals surface area contributed by atoms with Crippen molar-refractivity contribution >= 4 is 71.7 Å². The van der Waals surface area contributed by atoms with Crippen molar-refractivity contribution in [3.8, 4) is 11.4 Å². The molecule has 0 atom stereocenters. The van der Waals surface area contributed by atoms with Gasteiger partial charge >= 0.3 is 0 Å². The van der Waals surface area contributed by atoms with Crippen LogP contribution in [0.4, 0.5) is 5.69 Å². The molecule has 242 valence electrons. The highest BCUT2D eigenvalue weighted by molar-refractivity contribution is 6.20. The van der Waals surface area contributed by atoms with E-state index in [1.165, 1.54) is 54.4 Å².